The predicted octanol–water partition coefficient (Wildman–Crippen LogP) is 6.42. The van der Waals surface area contributed by atoms with E-state index in [2.05, 4.69) is 97.1 Å². The highest BCUT2D eigenvalue weighted by atomic mass is 16.6. The first-order chi connectivity index (χ1) is 20.7. The third kappa shape index (κ3) is 6.53. The van der Waals surface area contributed by atoms with E-state index in [1.807, 2.05) is 0 Å². The molecule has 42 heavy (non-hydrogen) atoms. The van der Waals surface area contributed by atoms with Gasteiger partial charge in [0.05, 0.1) is 50.8 Å². The molecule has 0 amide bonds. The quantitative estimate of drug-likeness (QED) is 0.178. The Morgan fingerprint density at radius 3 is 0.714 bits per heavy atom. The maximum atomic E-state index is 5.51. The molecule has 0 bridgehead atoms. The largest absolute Gasteiger partial charge is 0.373 e. The summed E-state index contributed by atoms with van der Waals surface area (Å²) in [7, 11) is 0. The number of epoxide rings is 4. The third-order valence-corrected chi connectivity index (χ3v) is 9.15. The Morgan fingerprint density at radius 1 is 0.357 bits per heavy atom. The fourth-order valence-electron chi connectivity index (χ4n) is 6.39. The van der Waals surface area contributed by atoms with E-state index < -0.39 is 0 Å². The SMILES string of the molecule is c1cc(C(c2ccc(CC3CO3)cc2)C(c2ccc(CC3CO3)cc2)c2ccc(CC3CO3)cc2)ccc1CC1CO1. The highest BCUT2D eigenvalue weighted by molar-refractivity contribution is 5.47. The summed E-state index contributed by atoms with van der Waals surface area (Å²) >= 11 is 0. The Kier molecular flexibility index (Phi) is 7.17. The van der Waals surface area contributed by atoms with Gasteiger partial charge in [-0.15, -0.1) is 0 Å². The zero-order chi connectivity index (χ0) is 27.9. The molecule has 4 fully saturated rings. The normalized spacial score (nSPS) is 25.0. The molecule has 214 valence electrons. The number of benzene rings is 4. The molecule has 4 aromatic rings. The first-order valence-electron chi connectivity index (χ1n) is 15.6. The summed E-state index contributed by atoms with van der Waals surface area (Å²) in [6.45, 7) is 3.54. The molecule has 4 atom stereocenters. The van der Waals surface area contributed by atoms with Crippen LogP contribution in [0, 0.1) is 0 Å². The molecule has 0 aliphatic carbocycles. The minimum atomic E-state index is 0.165. The van der Waals surface area contributed by atoms with Crippen molar-refractivity contribution in [1.82, 2.24) is 0 Å². The predicted molar refractivity (Wildman–Crippen MR) is 163 cm³/mol. The summed E-state index contributed by atoms with van der Waals surface area (Å²) < 4.78 is 22.0. The van der Waals surface area contributed by atoms with Gasteiger partial charge < -0.3 is 18.9 Å². The van der Waals surface area contributed by atoms with Gasteiger partial charge in [-0.1, -0.05) is 97.1 Å². The van der Waals surface area contributed by atoms with Crippen molar-refractivity contribution < 1.29 is 18.9 Å². The molecular weight excluding hydrogens is 520 g/mol. The van der Waals surface area contributed by atoms with Crippen LogP contribution in [0.2, 0.25) is 0 Å². The minimum absolute atomic E-state index is 0.165. The molecule has 0 radical (unpaired) electrons. The van der Waals surface area contributed by atoms with Crippen LogP contribution in [0.15, 0.2) is 97.1 Å². The average molecular weight is 559 g/mol. The van der Waals surface area contributed by atoms with Crippen molar-refractivity contribution in [2.45, 2.75) is 61.9 Å². The summed E-state index contributed by atoms with van der Waals surface area (Å²) in [6.07, 6.45) is 5.52. The molecule has 4 saturated heterocycles. The van der Waals surface area contributed by atoms with Crippen LogP contribution < -0.4 is 0 Å². The Morgan fingerprint density at radius 2 is 0.548 bits per heavy atom. The standard InChI is InChI=1S/C38H38O4/c1-9-29(10-2-25(1)17-33-21-39-33)37(30-11-3-26(4-12-30)18-34-22-40-34)38(31-13-5-27(6-14-31)19-35-23-41-35)32-15-7-28(8-16-32)20-36-24-42-36/h1-16,33-38H,17-24H2. The summed E-state index contributed by atoms with van der Waals surface area (Å²) in [5.41, 5.74) is 10.7. The summed E-state index contributed by atoms with van der Waals surface area (Å²) in [4.78, 5) is 0. The Labute approximate surface area is 248 Å². The van der Waals surface area contributed by atoms with E-state index in [1.54, 1.807) is 0 Å². The van der Waals surface area contributed by atoms with Gasteiger partial charge in [0.15, 0.2) is 0 Å². The number of hydrogen-bond donors (Lipinski definition) is 0. The van der Waals surface area contributed by atoms with Crippen LogP contribution in [0.1, 0.15) is 56.3 Å². The van der Waals surface area contributed by atoms with Gasteiger partial charge in [-0.3, -0.25) is 0 Å². The van der Waals surface area contributed by atoms with Crippen LogP contribution in [0.25, 0.3) is 0 Å². The minimum Gasteiger partial charge on any atom is -0.373 e. The molecule has 4 aromatic carbocycles. The average Bonchev–Trinajstić information content (AvgIpc) is 3.80. The molecule has 4 nitrogen and oxygen atoms in total. The summed E-state index contributed by atoms with van der Waals surface area (Å²) in [5, 5.41) is 0. The van der Waals surface area contributed by atoms with Crippen molar-refractivity contribution in [2.24, 2.45) is 0 Å². The van der Waals surface area contributed by atoms with Crippen LogP contribution in [-0.4, -0.2) is 50.8 Å². The zero-order valence-electron chi connectivity index (χ0n) is 24.0. The maximum absolute atomic E-state index is 5.51. The molecule has 4 aliphatic rings. The maximum Gasteiger partial charge on any atom is 0.0850 e. The molecule has 4 unspecified atom stereocenters. The lowest BCUT2D eigenvalue weighted by Gasteiger charge is -2.30. The lowest BCUT2D eigenvalue weighted by atomic mass is 9.73. The van der Waals surface area contributed by atoms with Crippen LogP contribution in [0.4, 0.5) is 0 Å². The molecule has 0 N–H and O–H groups in total. The van der Waals surface area contributed by atoms with E-state index >= 15 is 0 Å². The molecule has 0 aromatic heterocycles. The second-order valence-electron chi connectivity index (χ2n) is 12.6. The van der Waals surface area contributed by atoms with Crippen molar-refractivity contribution in [3.05, 3.63) is 142 Å². The van der Waals surface area contributed by atoms with E-state index in [-0.39, 0.29) is 11.8 Å². The highest BCUT2D eigenvalue weighted by Gasteiger charge is 2.31. The molecule has 4 aliphatic heterocycles. The van der Waals surface area contributed by atoms with E-state index in [0.29, 0.717) is 24.4 Å². The first kappa shape index (κ1) is 26.4. The first-order valence-corrected chi connectivity index (χ1v) is 15.6. The van der Waals surface area contributed by atoms with E-state index in [1.165, 1.54) is 44.5 Å². The molecule has 4 heterocycles. The fraction of sp³-hybridized carbons (Fsp3) is 0.368. The van der Waals surface area contributed by atoms with E-state index in [0.717, 1.165) is 52.1 Å². The molecule has 0 spiro atoms. The second-order valence-corrected chi connectivity index (χ2v) is 12.6. The van der Waals surface area contributed by atoms with Crippen LogP contribution in [-0.2, 0) is 44.6 Å². The van der Waals surface area contributed by atoms with Crippen molar-refractivity contribution in [3.63, 3.8) is 0 Å². The lowest BCUT2D eigenvalue weighted by molar-refractivity contribution is 0.407. The summed E-state index contributed by atoms with van der Waals surface area (Å²) in [5.74, 6) is 0.329. The van der Waals surface area contributed by atoms with Crippen molar-refractivity contribution in [3.8, 4) is 0 Å². The van der Waals surface area contributed by atoms with Crippen molar-refractivity contribution in [1.29, 1.82) is 0 Å². The highest BCUT2D eigenvalue weighted by Crippen LogP contribution is 2.43. The monoisotopic (exact) mass is 558 g/mol. The Hall–Kier alpha value is -3.28. The van der Waals surface area contributed by atoms with Crippen molar-refractivity contribution in [2.75, 3.05) is 26.4 Å². The van der Waals surface area contributed by atoms with Gasteiger partial charge in [0.2, 0.25) is 0 Å². The van der Waals surface area contributed by atoms with E-state index in [4.69, 9.17) is 18.9 Å². The van der Waals surface area contributed by atoms with Gasteiger partial charge in [0.1, 0.15) is 0 Å². The van der Waals surface area contributed by atoms with Crippen LogP contribution in [0.3, 0.4) is 0 Å². The van der Waals surface area contributed by atoms with Gasteiger partial charge in [-0.05, 0) is 44.5 Å². The molecular formula is C38H38O4. The van der Waals surface area contributed by atoms with Gasteiger partial charge in [0, 0.05) is 37.5 Å². The number of hydrogen-bond acceptors (Lipinski definition) is 4. The lowest BCUT2D eigenvalue weighted by Crippen LogP contribution is -2.15. The Balaban J connectivity index is 1.18. The summed E-state index contributed by atoms with van der Waals surface area (Å²) in [6, 6.07) is 37.2. The molecule has 8 rings (SSSR count). The second kappa shape index (κ2) is 11.4. The fourth-order valence-corrected chi connectivity index (χ4v) is 6.39. The van der Waals surface area contributed by atoms with Crippen molar-refractivity contribution >= 4 is 0 Å². The number of rotatable bonds is 13. The Bertz CT molecular complexity index is 1250. The van der Waals surface area contributed by atoms with Crippen LogP contribution in [0.5, 0.6) is 0 Å². The molecule has 0 saturated carbocycles. The van der Waals surface area contributed by atoms with Crippen LogP contribution >= 0.6 is 0 Å². The zero-order valence-corrected chi connectivity index (χ0v) is 24.0. The van der Waals surface area contributed by atoms with Gasteiger partial charge in [0.25, 0.3) is 0 Å². The molecule has 4 heteroatoms. The number of ether oxygens (including phenoxy) is 4. The third-order valence-electron chi connectivity index (χ3n) is 9.15. The van der Waals surface area contributed by atoms with E-state index in [9.17, 15) is 0 Å². The van der Waals surface area contributed by atoms with Gasteiger partial charge >= 0.3 is 0 Å². The van der Waals surface area contributed by atoms with Gasteiger partial charge in [-0.2, -0.15) is 0 Å². The smallest absolute Gasteiger partial charge is 0.0850 e. The van der Waals surface area contributed by atoms with Gasteiger partial charge in [-0.25, -0.2) is 0 Å². The topological polar surface area (TPSA) is 50.1 Å².